The Kier molecular flexibility index (Phi) is 6.89. The zero-order valence-corrected chi connectivity index (χ0v) is 19.2. The molecule has 1 aromatic rings. The van der Waals surface area contributed by atoms with Crippen molar-refractivity contribution in [2.75, 3.05) is 19.3 Å². The first-order valence-corrected chi connectivity index (χ1v) is 12.3. The third-order valence-electron chi connectivity index (χ3n) is 6.91. The Morgan fingerprint density at radius 3 is 2.81 bits per heavy atom. The van der Waals surface area contributed by atoms with Crippen LogP contribution in [0.5, 0.6) is 0 Å². The van der Waals surface area contributed by atoms with Crippen molar-refractivity contribution in [3.05, 3.63) is 35.6 Å². The SMILES string of the molecule is CN(CCCCCC1CC(c2ccc(F)cc2)NN1)C(=O)C1CSC2(C)CCC(=O)N12. The summed E-state index contributed by atoms with van der Waals surface area (Å²) >= 11 is 1.74. The number of benzene rings is 1. The molecule has 31 heavy (non-hydrogen) atoms. The van der Waals surface area contributed by atoms with Crippen molar-refractivity contribution < 1.29 is 14.0 Å². The van der Waals surface area contributed by atoms with Crippen LogP contribution in [0.3, 0.4) is 0 Å². The molecule has 3 aliphatic rings. The highest BCUT2D eigenvalue weighted by Crippen LogP contribution is 2.47. The minimum atomic E-state index is -0.299. The van der Waals surface area contributed by atoms with Crippen LogP contribution in [0.4, 0.5) is 4.39 Å². The van der Waals surface area contributed by atoms with E-state index in [1.54, 1.807) is 11.8 Å². The summed E-state index contributed by atoms with van der Waals surface area (Å²) in [5.41, 5.74) is 7.77. The van der Waals surface area contributed by atoms with Crippen molar-refractivity contribution in [1.82, 2.24) is 20.7 Å². The molecule has 0 aromatic heterocycles. The van der Waals surface area contributed by atoms with Gasteiger partial charge in [0.2, 0.25) is 11.8 Å². The fraction of sp³-hybridized carbons (Fsp3) is 0.652. The van der Waals surface area contributed by atoms with Crippen LogP contribution in [0.2, 0.25) is 0 Å². The number of nitrogens with one attached hydrogen (secondary N) is 2. The van der Waals surface area contributed by atoms with Gasteiger partial charge in [0.05, 0.1) is 4.87 Å². The third kappa shape index (κ3) is 4.91. The molecule has 4 atom stereocenters. The number of thioether (sulfide) groups is 1. The van der Waals surface area contributed by atoms with Crippen LogP contribution in [-0.4, -0.2) is 57.9 Å². The van der Waals surface area contributed by atoms with Gasteiger partial charge in [0.1, 0.15) is 11.9 Å². The average Bonchev–Trinajstić information content (AvgIpc) is 3.43. The quantitative estimate of drug-likeness (QED) is 0.598. The topological polar surface area (TPSA) is 64.7 Å². The average molecular weight is 449 g/mol. The summed E-state index contributed by atoms with van der Waals surface area (Å²) in [6, 6.07) is 7.02. The maximum absolute atomic E-state index is 13.1. The number of carbonyl (C=O) groups excluding carboxylic acids is 2. The van der Waals surface area contributed by atoms with E-state index >= 15 is 0 Å². The van der Waals surface area contributed by atoms with E-state index in [-0.39, 0.29) is 34.6 Å². The van der Waals surface area contributed by atoms with Crippen molar-refractivity contribution in [2.24, 2.45) is 0 Å². The highest BCUT2D eigenvalue weighted by molar-refractivity contribution is 8.01. The molecule has 0 spiro atoms. The van der Waals surface area contributed by atoms with Gasteiger partial charge in [0.15, 0.2) is 0 Å². The van der Waals surface area contributed by atoms with E-state index in [2.05, 4.69) is 17.8 Å². The lowest BCUT2D eigenvalue weighted by Crippen LogP contribution is -2.50. The van der Waals surface area contributed by atoms with Crippen molar-refractivity contribution in [1.29, 1.82) is 0 Å². The Hall–Kier alpha value is -1.64. The molecular weight excluding hydrogens is 415 g/mol. The van der Waals surface area contributed by atoms with Gasteiger partial charge in [-0.1, -0.05) is 25.0 Å². The maximum atomic E-state index is 13.1. The van der Waals surface area contributed by atoms with Crippen LogP contribution in [0.1, 0.15) is 63.5 Å². The lowest BCUT2D eigenvalue weighted by Gasteiger charge is -2.32. The van der Waals surface area contributed by atoms with Crippen molar-refractivity contribution >= 4 is 23.6 Å². The zero-order chi connectivity index (χ0) is 22.0. The number of fused-ring (bicyclic) bond motifs is 1. The Morgan fingerprint density at radius 1 is 1.26 bits per heavy atom. The van der Waals surface area contributed by atoms with E-state index in [1.165, 1.54) is 12.1 Å². The van der Waals surface area contributed by atoms with Crippen LogP contribution in [0.15, 0.2) is 24.3 Å². The molecule has 0 radical (unpaired) electrons. The number of carbonyl (C=O) groups is 2. The van der Waals surface area contributed by atoms with Gasteiger partial charge >= 0.3 is 0 Å². The molecule has 1 aromatic carbocycles. The largest absolute Gasteiger partial charge is 0.344 e. The summed E-state index contributed by atoms with van der Waals surface area (Å²) in [5, 5.41) is 0. The second-order valence-electron chi connectivity index (χ2n) is 9.20. The number of hydrogen-bond acceptors (Lipinski definition) is 5. The van der Waals surface area contributed by atoms with Crippen LogP contribution in [-0.2, 0) is 9.59 Å². The molecule has 0 aliphatic carbocycles. The van der Waals surface area contributed by atoms with Gasteiger partial charge in [-0.15, -0.1) is 11.8 Å². The van der Waals surface area contributed by atoms with Gasteiger partial charge in [-0.25, -0.2) is 4.39 Å². The van der Waals surface area contributed by atoms with Gasteiger partial charge in [-0.3, -0.25) is 20.4 Å². The van der Waals surface area contributed by atoms with E-state index < -0.39 is 0 Å². The molecule has 2 N–H and O–H groups in total. The first-order valence-electron chi connectivity index (χ1n) is 11.3. The van der Waals surface area contributed by atoms with Gasteiger partial charge in [-0.2, -0.15) is 0 Å². The molecule has 170 valence electrons. The Balaban J connectivity index is 1.14. The van der Waals surface area contributed by atoms with E-state index in [0.717, 1.165) is 50.6 Å². The number of amides is 2. The molecule has 3 fully saturated rings. The lowest BCUT2D eigenvalue weighted by molar-refractivity contribution is -0.142. The van der Waals surface area contributed by atoms with E-state index in [9.17, 15) is 14.0 Å². The predicted octanol–water partition coefficient (Wildman–Crippen LogP) is 3.21. The summed E-state index contributed by atoms with van der Waals surface area (Å²) in [7, 11) is 1.86. The van der Waals surface area contributed by atoms with Gasteiger partial charge in [0, 0.05) is 37.8 Å². The third-order valence-corrected chi connectivity index (χ3v) is 8.41. The normalized spacial score (nSPS) is 30.1. The summed E-state index contributed by atoms with van der Waals surface area (Å²) in [4.78, 5) is 28.6. The smallest absolute Gasteiger partial charge is 0.246 e. The summed E-state index contributed by atoms with van der Waals surface area (Å²) in [6.45, 7) is 2.82. The first-order chi connectivity index (χ1) is 14.9. The number of unbranched alkanes of at least 4 members (excludes halogenated alkanes) is 2. The monoisotopic (exact) mass is 448 g/mol. The summed E-state index contributed by atoms with van der Waals surface area (Å²) in [6.07, 6.45) is 6.60. The van der Waals surface area contributed by atoms with Crippen LogP contribution >= 0.6 is 11.8 Å². The Bertz CT molecular complexity index is 807. The van der Waals surface area contributed by atoms with Gasteiger partial charge in [-0.05, 0) is 50.3 Å². The van der Waals surface area contributed by atoms with E-state index in [4.69, 9.17) is 0 Å². The van der Waals surface area contributed by atoms with Gasteiger partial charge < -0.3 is 9.80 Å². The Labute approximate surface area is 188 Å². The fourth-order valence-corrected chi connectivity index (χ4v) is 6.43. The number of halogens is 1. The van der Waals surface area contributed by atoms with Gasteiger partial charge in [0.25, 0.3) is 0 Å². The standard InChI is InChI=1S/C23H33FN4O2S/c1-23-12-11-21(29)28(23)20(15-31-23)22(30)27(2)13-5-3-4-6-18-14-19(26-25-18)16-7-9-17(24)10-8-16/h7-10,18-20,25-26H,3-6,11-15H2,1-2H3. The second-order valence-corrected chi connectivity index (χ2v) is 10.7. The molecule has 3 saturated heterocycles. The number of nitrogens with zero attached hydrogens (tertiary/aromatic N) is 2. The number of rotatable bonds is 8. The number of likely N-dealkylation sites (N-methyl/N-ethyl adjacent to an activating group) is 1. The highest BCUT2D eigenvalue weighted by Gasteiger charge is 2.53. The molecule has 6 nitrogen and oxygen atoms in total. The molecule has 3 heterocycles. The molecule has 2 amide bonds. The van der Waals surface area contributed by atoms with Crippen molar-refractivity contribution in [3.8, 4) is 0 Å². The molecule has 4 rings (SSSR count). The minimum absolute atomic E-state index is 0.0790. The fourth-order valence-electron chi connectivity index (χ4n) is 5.01. The summed E-state index contributed by atoms with van der Waals surface area (Å²) in [5.74, 6) is 0.703. The molecular formula is C23H33FN4O2S. The number of hydrogen-bond donors (Lipinski definition) is 2. The van der Waals surface area contributed by atoms with E-state index in [0.29, 0.717) is 18.2 Å². The second kappa shape index (κ2) is 9.46. The molecule has 3 aliphatic heterocycles. The molecule has 8 heteroatoms. The molecule has 0 saturated carbocycles. The number of hydrazine groups is 1. The first kappa shape index (κ1) is 22.6. The van der Waals surface area contributed by atoms with Crippen molar-refractivity contribution in [2.45, 2.75) is 74.9 Å². The van der Waals surface area contributed by atoms with Crippen LogP contribution in [0, 0.1) is 5.82 Å². The summed E-state index contributed by atoms with van der Waals surface area (Å²) < 4.78 is 13.1. The maximum Gasteiger partial charge on any atom is 0.246 e. The Morgan fingerprint density at radius 2 is 2.03 bits per heavy atom. The molecule has 0 bridgehead atoms. The lowest BCUT2D eigenvalue weighted by atomic mass is 9.99. The predicted molar refractivity (Wildman–Crippen MR) is 121 cm³/mol. The highest BCUT2D eigenvalue weighted by atomic mass is 32.2. The van der Waals surface area contributed by atoms with Crippen molar-refractivity contribution in [3.63, 3.8) is 0 Å². The van der Waals surface area contributed by atoms with Crippen LogP contribution in [0.25, 0.3) is 0 Å². The molecule has 4 unspecified atom stereocenters. The zero-order valence-electron chi connectivity index (χ0n) is 18.4. The van der Waals surface area contributed by atoms with Crippen LogP contribution < -0.4 is 10.9 Å². The van der Waals surface area contributed by atoms with E-state index in [1.807, 2.05) is 29.0 Å². The minimum Gasteiger partial charge on any atom is -0.344 e.